The molecule has 1 saturated heterocycles. The van der Waals surface area contributed by atoms with Crippen LogP contribution in [0.3, 0.4) is 0 Å². The lowest BCUT2D eigenvalue weighted by atomic mass is 10.5. The van der Waals surface area contributed by atoms with Crippen LogP contribution in [-0.4, -0.2) is 47.8 Å². The van der Waals surface area contributed by atoms with E-state index in [2.05, 4.69) is 39.8 Å². The summed E-state index contributed by atoms with van der Waals surface area (Å²) >= 11 is 4.17. The van der Waals surface area contributed by atoms with Gasteiger partial charge < -0.3 is 5.32 Å². The molecule has 1 aliphatic heterocycles. The number of sulfonamides is 1. The summed E-state index contributed by atoms with van der Waals surface area (Å²) in [5.41, 5.74) is 0. The van der Waals surface area contributed by atoms with Gasteiger partial charge in [-0.25, -0.2) is 18.4 Å². The molecule has 1 unspecified atom stereocenters. The highest BCUT2D eigenvalue weighted by molar-refractivity contribution is 7.89. The first kappa shape index (κ1) is 15.1. The molecular formula is C11H14N4O3S2. The summed E-state index contributed by atoms with van der Waals surface area (Å²) in [6.45, 7) is 2.60. The smallest absolute Gasteiger partial charge is 0.284 e. The van der Waals surface area contributed by atoms with Crippen molar-refractivity contribution < 1.29 is 13.3 Å². The number of hydrogen-bond donors (Lipinski definition) is 2. The number of rotatable bonds is 4. The lowest BCUT2D eigenvalue weighted by Crippen LogP contribution is -2.28. The molecule has 1 atom stereocenters. The van der Waals surface area contributed by atoms with Gasteiger partial charge in [-0.05, 0) is 6.92 Å². The topological polar surface area (TPSA) is 84.4 Å². The first-order valence-electron chi connectivity index (χ1n) is 5.83. The summed E-state index contributed by atoms with van der Waals surface area (Å²) in [7, 11) is -3.78. The Labute approximate surface area is 123 Å². The van der Waals surface area contributed by atoms with Crippen LogP contribution in [-0.2, 0) is 14.9 Å². The van der Waals surface area contributed by atoms with Crippen molar-refractivity contribution in [2.45, 2.75) is 17.2 Å². The molecule has 0 aromatic carbocycles. The second-order valence-electron chi connectivity index (χ2n) is 3.96. The minimum absolute atomic E-state index is 0.133. The molecule has 0 saturated carbocycles. The fraction of sp³-hybridized carbons (Fsp3) is 0.455. The Morgan fingerprint density at radius 2 is 2.35 bits per heavy atom. The Morgan fingerprint density at radius 1 is 1.55 bits per heavy atom. The highest BCUT2D eigenvalue weighted by Crippen LogP contribution is 2.20. The molecule has 0 radical (unpaired) electrons. The zero-order chi connectivity index (χ0) is 14.6. The van der Waals surface area contributed by atoms with E-state index in [0.29, 0.717) is 12.4 Å². The maximum absolute atomic E-state index is 12.2. The molecule has 0 amide bonds. The van der Waals surface area contributed by atoms with Gasteiger partial charge in [0.25, 0.3) is 10.0 Å². The van der Waals surface area contributed by atoms with E-state index >= 15 is 0 Å². The summed E-state index contributed by atoms with van der Waals surface area (Å²) < 4.78 is 25.2. The van der Waals surface area contributed by atoms with Gasteiger partial charge in [-0.1, -0.05) is 10.4 Å². The van der Waals surface area contributed by atoms with Crippen LogP contribution in [0, 0.1) is 11.8 Å². The van der Waals surface area contributed by atoms with Gasteiger partial charge in [0.2, 0.25) is 0 Å². The molecule has 0 spiro atoms. The van der Waals surface area contributed by atoms with Crippen LogP contribution in [0.2, 0.25) is 0 Å². The maximum atomic E-state index is 12.2. The summed E-state index contributed by atoms with van der Waals surface area (Å²) in [5.74, 6) is 5.99. The van der Waals surface area contributed by atoms with Gasteiger partial charge in [-0.15, -0.1) is 5.92 Å². The van der Waals surface area contributed by atoms with Crippen LogP contribution in [0.1, 0.15) is 6.92 Å². The average molecular weight is 314 g/mol. The standard InChI is InChI=1S/C11H14N4O3S2/c1-2-3-4-12-10-5-14-11(6-13-10)20(16,17)15-7-9(19)8-18-15/h5-6,9,19H,4,7-8H2,1H3,(H,12,13). The van der Waals surface area contributed by atoms with Crippen LogP contribution in [0.4, 0.5) is 5.82 Å². The molecule has 1 fully saturated rings. The van der Waals surface area contributed by atoms with Gasteiger partial charge in [-0.3, -0.25) is 4.84 Å². The van der Waals surface area contributed by atoms with Crippen LogP contribution in [0.5, 0.6) is 0 Å². The van der Waals surface area contributed by atoms with Crippen molar-refractivity contribution in [2.24, 2.45) is 0 Å². The zero-order valence-corrected chi connectivity index (χ0v) is 12.5. The normalized spacial score (nSPS) is 19.4. The summed E-state index contributed by atoms with van der Waals surface area (Å²) in [5, 5.41) is 2.61. The van der Waals surface area contributed by atoms with Crippen molar-refractivity contribution in [3.05, 3.63) is 12.4 Å². The molecule has 108 valence electrons. The predicted octanol–water partition coefficient (Wildman–Crippen LogP) is 0.146. The van der Waals surface area contributed by atoms with Gasteiger partial charge in [0.15, 0.2) is 5.03 Å². The van der Waals surface area contributed by atoms with E-state index in [1.165, 1.54) is 12.4 Å². The van der Waals surface area contributed by atoms with Crippen LogP contribution < -0.4 is 5.32 Å². The van der Waals surface area contributed by atoms with E-state index < -0.39 is 10.0 Å². The number of hydroxylamine groups is 1. The minimum Gasteiger partial charge on any atom is -0.358 e. The third-order valence-corrected chi connectivity index (χ3v) is 4.31. The molecule has 2 rings (SSSR count). The second-order valence-corrected chi connectivity index (χ2v) is 6.47. The SMILES string of the molecule is CC#CCNc1cnc(S(=O)(=O)N2CC(S)CO2)cn1. The van der Waals surface area contributed by atoms with Gasteiger partial charge >= 0.3 is 0 Å². The third kappa shape index (κ3) is 3.40. The number of thiol groups is 1. The van der Waals surface area contributed by atoms with Gasteiger partial charge in [0.05, 0.1) is 32.1 Å². The Balaban J connectivity index is 2.10. The van der Waals surface area contributed by atoms with E-state index in [1.807, 2.05) is 0 Å². The number of nitrogens with zero attached hydrogens (tertiary/aromatic N) is 3. The number of aromatic nitrogens is 2. The fourth-order valence-corrected chi connectivity index (χ4v) is 2.96. The van der Waals surface area contributed by atoms with E-state index in [-0.39, 0.29) is 23.4 Å². The quantitative estimate of drug-likeness (QED) is 0.608. The maximum Gasteiger partial charge on any atom is 0.284 e. The second kappa shape index (κ2) is 6.41. The van der Waals surface area contributed by atoms with Crippen molar-refractivity contribution in [3.8, 4) is 11.8 Å². The zero-order valence-electron chi connectivity index (χ0n) is 10.8. The lowest BCUT2D eigenvalue weighted by molar-refractivity contribution is -0.0285. The molecule has 7 nitrogen and oxygen atoms in total. The number of anilines is 1. The summed E-state index contributed by atoms with van der Waals surface area (Å²) in [6.07, 6.45) is 2.53. The van der Waals surface area contributed by atoms with E-state index in [9.17, 15) is 8.42 Å². The molecule has 1 N–H and O–H groups in total. The Kier molecular flexibility index (Phi) is 4.82. The molecule has 2 heterocycles. The Bertz CT molecular complexity index is 621. The molecule has 1 aliphatic rings. The van der Waals surface area contributed by atoms with Crippen molar-refractivity contribution in [1.82, 2.24) is 14.4 Å². The highest BCUT2D eigenvalue weighted by atomic mass is 32.2. The van der Waals surface area contributed by atoms with Gasteiger partial charge in [0, 0.05) is 5.25 Å². The van der Waals surface area contributed by atoms with Crippen molar-refractivity contribution >= 4 is 28.5 Å². The molecule has 0 bridgehead atoms. The third-order valence-electron chi connectivity index (χ3n) is 2.47. The van der Waals surface area contributed by atoms with Crippen molar-refractivity contribution in [3.63, 3.8) is 0 Å². The van der Waals surface area contributed by atoms with Crippen LogP contribution in [0.25, 0.3) is 0 Å². The molecule has 1 aromatic rings. The van der Waals surface area contributed by atoms with Gasteiger partial charge in [-0.2, -0.15) is 12.6 Å². The fourth-order valence-electron chi connectivity index (χ4n) is 1.48. The Morgan fingerprint density at radius 3 is 2.90 bits per heavy atom. The molecule has 0 aliphatic carbocycles. The molecule has 20 heavy (non-hydrogen) atoms. The van der Waals surface area contributed by atoms with Crippen molar-refractivity contribution in [1.29, 1.82) is 0 Å². The number of nitrogens with one attached hydrogen (secondary N) is 1. The van der Waals surface area contributed by atoms with E-state index in [0.717, 1.165) is 4.47 Å². The first-order valence-corrected chi connectivity index (χ1v) is 7.79. The molecule has 1 aromatic heterocycles. The largest absolute Gasteiger partial charge is 0.358 e. The lowest BCUT2D eigenvalue weighted by Gasteiger charge is -2.13. The van der Waals surface area contributed by atoms with Crippen LogP contribution in [0.15, 0.2) is 17.4 Å². The predicted molar refractivity (Wildman–Crippen MR) is 76.6 cm³/mol. The first-order chi connectivity index (χ1) is 9.54. The van der Waals surface area contributed by atoms with Crippen LogP contribution >= 0.6 is 12.6 Å². The Hall–Kier alpha value is -1.34. The molecular weight excluding hydrogens is 300 g/mol. The van der Waals surface area contributed by atoms with Gasteiger partial charge in [0.1, 0.15) is 5.82 Å². The number of hydrogen-bond acceptors (Lipinski definition) is 7. The van der Waals surface area contributed by atoms with E-state index in [1.54, 1.807) is 6.92 Å². The monoisotopic (exact) mass is 314 g/mol. The summed E-state index contributed by atoms with van der Waals surface area (Å²) in [6, 6.07) is 0. The summed E-state index contributed by atoms with van der Waals surface area (Å²) in [4.78, 5) is 12.9. The average Bonchev–Trinajstić information content (AvgIpc) is 2.87. The van der Waals surface area contributed by atoms with E-state index in [4.69, 9.17) is 4.84 Å². The minimum atomic E-state index is -3.78. The molecule has 9 heteroatoms. The van der Waals surface area contributed by atoms with Crippen molar-refractivity contribution in [2.75, 3.05) is 25.0 Å². The highest BCUT2D eigenvalue weighted by Gasteiger charge is 2.33.